The minimum Gasteiger partial charge on any atom is -0.159 e. The van der Waals surface area contributed by atoms with Crippen LogP contribution in [0.2, 0.25) is 0 Å². The van der Waals surface area contributed by atoms with Gasteiger partial charge in [-0.15, -0.1) is 0 Å². The highest BCUT2D eigenvalue weighted by molar-refractivity contribution is 7.63. The van der Waals surface area contributed by atoms with E-state index in [2.05, 4.69) is 23.5 Å². The van der Waals surface area contributed by atoms with Gasteiger partial charge in [0.1, 0.15) is 0 Å². The van der Waals surface area contributed by atoms with E-state index in [9.17, 15) is 0 Å². The Morgan fingerprint density at radius 1 is 1.27 bits per heavy atom. The van der Waals surface area contributed by atoms with E-state index in [1.807, 2.05) is 26.0 Å². The molecular weight excluding hydrogens is 155 g/mol. The van der Waals surface area contributed by atoms with Crippen molar-refractivity contribution in [3.63, 3.8) is 0 Å². The van der Waals surface area contributed by atoms with Crippen LogP contribution in [0.4, 0.5) is 0 Å². The van der Waals surface area contributed by atoms with E-state index >= 15 is 0 Å². The molecule has 0 saturated carbocycles. The molecule has 0 aliphatic rings. The first kappa shape index (κ1) is 10.5. The zero-order valence-corrected chi connectivity index (χ0v) is 8.47. The van der Waals surface area contributed by atoms with Gasteiger partial charge < -0.3 is 0 Å². The number of hydrogen-bond donors (Lipinski definition) is 0. The second-order valence-electron chi connectivity index (χ2n) is 1.98. The maximum atomic E-state index is 3.96. The van der Waals surface area contributed by atoms with Crippen LogP contribution in [0.3, 0.4) is 0 Å². The van der Waals surface area contributed by atoms with E-state index in [1.165, 1.54) is 0 Å². The lowest BCUT2D eigenvalue weighted by molar-refractivity contribution is 1.06. The molecule has 0 unspecified atom stereocenters. The lowest BCUT2D eigenvalue weighted by Crippen LogP contribution is -2.04. The van der Waals surface area contributed by atoms with Gasteiger partial charge in [0, 0.05) is 6.20 Å². The Labute approximate surface area is 69.8 Å². The van der Waals surface area contributed by atoms with Crippen LogP contribution in [0, 0.1) is 0 Å². The van der Waals surface area contributed by atoms with E-state index in [4.69, 9.17) is 0 Å². The summed E-state index contributed by atoms with van der Waals surface area (Å²) in [5, 5.41) is 7.73. The molecule has 0 bridgehead atoms. The number of aromatic nitrogens is 2. The Bertz CT molecular complexity index is 175. The Kier molecular flexibility index (Phi) is 5.96. The fraction of sp³-hybridized carbons (Fsp3) is 0.500. The minimum atomic E-state index is -0.0692. The zero-order chi connectivity index (χ0) is 8.69. The van der Waals surface area contributed by atoms with Gasteiger partial charge in [-0.1, -0.05) is 21.8 Å². The molecular formula is C8H15N2P. The third kappa shape index (κ3) is 4.05. The molecule has 11 heavy (non-hydrogen) atoms. The summed E-state index contributed by atoms with van der Waals surface area (Å²) < 4.78 is 0. The maximum Gasteiger partial charge on any atom is 0.0851 e. The SMILES string of the molecule is CC.CP(C)c1cccnn1. The molecule has 2 nitrogen and oxygen atoms in total. The van der Waals surface area contributed by atoms with Crippen molar-refractivity contribution in [3.05, 3.63) is 18.3 Å². The van der Waals surface area contributed by atoms with E-state index in [0.717, 1.165) is 5.44 Å². The van der Waals surface area contributed by atoms with Crippen LogP contribution < -0.4 is 5.44 Å². The molecule has 3 heteroatoms. The number of hydrogen-bond acceptors (Lipinski definition) is 2. The Morgan fingerprint density at radius 2 is 1.91 bits per heavy atom. The molecule has 0 radical (unpaired) electrons. The average Bonchev–Trinajstić information content (AvgIpc) is 2.10. The van der Waals surface area contributed by atoms with Crippen LogP contribution in [0.25, 0.3) is 0 Å². The van der Waals surface area contributed by atoms with E-state index in [0.29, 0.717) is 0 Å². The van der Waals surface area contributed by atoms with Gasteiger partial charge in [-0.25, -0.2) is 0 Å². The van der Waals surface area contributed by atoms with Crippen LogP contribution in [0.5, 0.6) is 0 Å². The minimum absolute atomic E-state index is 0.0692. The molecule has 0 fully saturated rings. The lowest BCUT2D eigenvalue weighted by atomic mass is 10.6. The van der Waals surface area contributed by atoms with Crippen LogP contribution in [0.15, 0.2) is 18.3 Å². The second-order valence-corrected chi connectivity index (χ2v) is 4.22. The third-order valence-electron chi connectivity index (χ3n) is 1.02. The van der Waals surface area contributed by atoms with Gasteiger partial charge in [0.05, 0.1) is 5.44 Å². The lowest BCUT2D eigenvalue weighted by Gasteiger charge is -1.99. The van der Waals surface area contributed by atoms with Crippen molar-refractivity contribution < 1.29 is 0 Å². The van der Waals surface area contributed by atoms with Crippen molar-refractivity contribution in [1.82, 2.24) is 10.2 Å². The average molecular weight is 170 g/mol. The third-order valence-corrected chi connectivity index (χ3v) is 2.17. The molecule has 0 N–H and O–H groups in total. The Balaban J connectivity index is 0.000000461. The molecule has 1 heterocycles. The van der Waals surface area contributed by atoms with Gasteiger partial charge in [0.25, 0.3) is 0 Å². The fourth-order valence-electron chi connectivity index (χ4n) is 0.532. The summed E-state index contributed by atoms with van der Waals surface area (Å²) in [5.74, 6) is 0. The van der Waals surface area contributed by atoms with Crippen LogP contribution in [0.1, 0.15) is 13.8 Å². The molecule has 1 rings (SSSR count). The molecule has 0 aliphatic carbocycles. The Morgan fingerprint density at radius 3 is 2.18 bits per heavy atom. The highest BCUT2D eigenvalue weighted by Gasteiger charge is 1.95. The van der Waals surface area contributed by atoms with Crippen molar-refractivity contribution >= 4 is 13.4 Å². The first-order chi connectivity index (χ1) is 5.30. The van der Waals surface area contributed by atoms with Crippen molar-refractivity contribution in [1.29, 1.82) is 0 Å². The monoisotopic (exact) mass is 170 g/mol. The van der Waals surface area contributed by atoms with Crippen molar-refractivity contribution in [3.8, 4) is 0 Å². The van der Waals surface area contributed by atoms with Gasteiger partial charge in [0.15, 0.2) is 0 Å². The summed E-state index contributed by atoms with van der Waals surface area (Å²) in [4.78, 5) is 0. The molecule has 1 aromatic heterocycles. The van der Waals surface area contributed by atoms with Gasteiger partial charge in [-0.3, -0.25) is 0 Å². The number of nitrogens with zero attached hydrogens (tertiary/aromatic N) is 2. The largest absolute Gasteiger partial charge is 0.159 e. The van der Waals surface area contributed by atoms with Gasteiger partial charge in [0.2, 0.25) is 0 Å². The van der Waals surface area contributed by atoms with Crippen LogP contribution in [-0.4, -0.2) is 23.5 Å². The highest BCUT2D eigenvalue weighted by Crippen LogP contribution is 2.20. The highest BCUT2D eigenvalue weighted by atomic mass is 31.1. The van der Waals surface area contributed by atoms with Crippen molar-refractivity contribution in [2.75, 3.05) is 13.3 Å². The first-order valence-electron chi connectivity index (χ1n) is 3.76. The zero-order valence-electron chi connectivity index (χ0n) is 7.57. The molecule has 0 saturated heterocycles. The maximum absolute atomic E-state index is 3.96. The molecule has 1 aromatic rings. The van der Waals surface area contributed by atoms with Gasteiger partial charge in [-0.2, -0.15) is 10.2 Å². The summed E-state index contributed by atoms with van der Waals surface area (Å²) in [6.07, 6.45) is 1.70. The van der Waals surface area contributed by atoms with Crippen LogP contribution >= 0.6 is 7.92 Å². The summed E-state index contributed by atoms with van der Waals surface area (Å²) in [5.41, 5.74) is 1.12. The molecule has 0 atom stereocenters. The van der Waals surface area contributed by atoms with E-state index in [-0.39, 0.29) is 7.92 Å². The molecule has 0 aliphatic heterocycles. The van der Waals surface area contributed by atoms with Crippen molar-refractivity contribution in [2.45, 2.75) is 13.8 Å². The van der Waals surface area contributed by atoms with E-state index < -0.39 is 0 Å². The second kappa shape index (κ2) is 6.23. The standard InChI is InChI=1S/C6H9N2P.C2H6/c1-9(2)6-4-3-5-7-8-6;1-2/h3-5H,1-2H3;1-2H3. The molecule has 0 aromatic carbocycles. The van der Waals surface area contributed by atoms with Crippen LogP contribution in [-0.2, 0) is 0 Å². The van der Waals surface area contributed by atoms with E-state index in [1.54, 1.807) is 6.20 Å². The predicted octanol–water partition coefficient (Wildman–Crippen LogP) is 1.87. The summed E-state index contributed by atoms with van der Waals surface area (Å²) in [6, 6.07) is 3.93. The molecule has 62 valence electrons. The Hall–Kier alpha value is -0.490. The van der Waals surface area contributed by atoms with Gasteiger partial charge >= 0.3 is 0 Å². The molecule has 0 amide bonds. The summed E-state index contributed by atoms with van der Waals surface area (Å²) >= 11 is 0. The fourth-order valence-corrected chi connectivity index (χ4v) is 1.15. The van der Waals surface area contributed by atoms with Gasteiger partial charge in [-0.05, 0) is 25.5 Å². The molecule has 0 spiro atoms. The smallest absolute Gasteiger partial charge is 0.0851 e. The predicted molar refractivity (Wildman–Crippen MR) is 51.8 cm³/mol. The summed E-state index contributed by atoms with van der Waals surface area (Å²) in [7, 11) is -0.0692. The number of rotatable bonds is 1. The van der Waals surface area contributed by atoms with Crippen molar-refractivity contribution in [2.24, 2.45) is 0 Å². The first-order valence-corrected chi connectivity index (χ1v) is 5.99. The summed E-state index contributed by atoms with van der Waals surface area (Å²) in [6.45, 7) is 8.33. The quantitative estimate of drug-likeness (QED) is 0.601. The normalized spacial score (nSPS) is 8.82. The topological polar surface area (TPSA) is 25.8 Å².